The molecule has 0 amide bonds. The lowest BCUT2D eigenvalue weighted by atomic mass is 9.97. The van der Waals surface area contributed by atoms with Crippen LogP contribution in [-0.4, -0.2) is 11.7 Å². The van der Waals surface area contributed by atoms with E-state index in [1.54, 1.807) is 0 Å². The number of aryl methyl sites for hydroxylation is 1. The highest BCUT2D eigenvalue weighted by atomic mass is 16.5. The molecule has 182 valence electrons. The first-order chi connectivity index (χ1) is 16.2. The predicted molar refractivity (Wildman–Crippen MR) is 143 cm³/mol. The number of rotatable bonds is 18. The fraction of sp³-hybridized carbons (Fsp3) is 0.548. The van der Waals surface area contributed by atoms with Crippen LogP contribution in [0, 0.1) is 0 Å². The molecule has 2 heteroatoms. The molecule has 33 heavy (non-hydrogen) atoms. The molecular formula is C31H46O2. The Hall–Kier alpha value is -2.22. The Morgan fingerprint density at radius 2 is 1.45 bits per heavy atom. The molecule has 0 saturated carbocycles. The van der Waals surface area contributed by atoms with E-state index in [9.17, 15) is 5.11 Å². The number of hydrogen-bond donors (Lipinski definition) is 1. The summed E-state index contributed by atoms with van der Waals surface area (Å²) in [5, 5.41) is 10.4. The number of allylic oxidation sites excluding steroid dienone is 1. The second-order valence-electron chi connectivity index (χ2n) is 9.30. The highest BCUT2D eigenvalue weighted by Gasteiger charge is 2.10. The molecule has 0 unspecified atom stereocenters. The van der Waals surface area contributed by atoms with Crippen LogP contribution in [0.2, 0.25) is 0 Å². The smallest absolute Gasteiger partial charge is 0.123 e. The molecule has 0 aliphatic carbocycles. The van der Waals surface area contributed by atoms with Crippen molar-refractivity contribution in [3.63, 3.8) is 0 Å². The lowest BCUT2D eigenvalue weighted by molar-refractivity contribution is 0.302. The van der Waals surface area contributed by atoms with E-state index in [1.165, 1.54) is 69.8 Å². The molecule has 0 spiro atoms. The molecule has 0 aliphatic rings. The molecule has 2 nitrogen and oxygen atoms in total. The average Bonchev–Trinajstić information content (AvgIpc) is 2.82. The maximum Gasteiger partial charge on any atom is 0.123 e. The largest absolute Gasteiger partial charge is 0.507 e. The first-order valence-electron chi connectivity index (χ1n) is 13.4. The van der Waals surface area contributed by atoms with Gasteiger partial charge >= 0.3 is 0 Å². The van der Waals surface area contributed by atoms with E-state index in [0.29, 0.717) is 5.75 Å². The zero-order valence-electron chi connectivity index (χ0n) is 21.2. The van der Waals surface area contributed by atoms with E-state index in [2.05, 4.69) is 44.7 Å². The fourth-order valence-electron chi connectivity index (χ4n) is 4.41. The van der Waals surface area contributed by atoms with Gasteiger partial charge in [-0.05, 0) is 60.2 Å². The van der Waals surface area contributed by atoms with Crippen LogP contribution in [0.25, 0.3) is 11.1 Å². The van der Waals surface area contributed by atoms with Crippen LogP contribution < -0.4 is 4.74 Å². The van der Waals surface area contributed by atoms with Crippen LogP contribution in [0.3, 0.4) is 0 Å². The number of phenolic OH excluding ortho intramolecular Hbond substituents is 1. The second-order valence-corrected chi connectivity index (χ2v) is 9.30. The van der Waals surface area contributed by atoms with Crippen molar-refractivity contribution in [2.24, 2.45) is 0 Å². The van der Waals surface area contributed by atoms with E-state index in [4.69, 9.17) is 4.74 Å². The van der Waals surface area contributed by atoms with Gasteiger partial charge in [0.15, 0.2) is 0 Å². The molecule has 0 saturated heterocycles. The first-order valence-corrected chi connectivity index (χ1v) is 13.4. The van der Waals surface area contributed by atoms with Crippen molar-refractivity contribution < 1.29 is 9.84 Å². The molecule has 2 aromatic rings. The molecule has 0 heterocycles. The topological polar surface area (TPSA) is 29.5 Å². The molecular weight excluding hydrogens is 404 g/mol. The monoisotopic (exact) mass is 450 g/mol. The van der Waals surface area contributed by atoms with Crippen LogP contribution in [0.15, 0.2) is 49.1 Å². The van der Waals surface area contributed by atoms with Gasteiger partial charge in [-0.1, -0.05) is 103 Å². The minimum absolute atomic E-state index is 0.328. The SMILES string of the molecule is C=CCc1cc(-c2cc(CCC)ccc2O)ccc1OCCCCCCCCCCCCC. The van der Waals surface area contributed by atoms with Crippen molar-refractivity contribution in [3.8, 4) is 22.6 Å². The first kappa shape index (κ1) is 27.0. The predicted octanol–water partition coefficient (Wildman–Crippen LogP) is 9.43. The number of ether oxygens (including phenoxy) is 1. The summed E-state index contributed by atoms with van der Waals surface area (Å²) in [7, 11) is 0. The quantitative estimate of drug-likeness (QED) is 0.181. The summed E-state index contributed by atoms with van der Waals surface area (Å²) in [5.74, 6) is 1.27. The molecule has 0 fully saturated rings. The third-order valence-electron chi connectivity index (χ3n) is 6.34. The van der Waals surface area contributed by atoms with Gasteiger partial charge in [0.05, 0.1) is 6.61 Å². The van der Waals surface area contributed by atoms with E-state index in [1.807, 2.05) is 18.2 Å². The number of aromatic hydroxyl groups is 1. The molecule has 0 aromatic heterocycles. The normalized spacial score (nSPS) is 11.0. The Labute approximate surface area is 203 Å². The van der Waals surface area contributed by atoms with Gasteiger partial charge in [-0.3, -0.25) is 0 Å². The summed E-state index contributed by atoms with van der Waals surface area (Å²) < 4.78 is 6.15. The highest BCUT2D eigenvalue weighted by molar-refractivity contribution is 5.72. The van der Waals surface area contributed by atoms with Gasteiger partial charge in [0.1, 0.15) is 11.5 Å². The van der Waals surface area contributed by atoms with Crippen molar-refractivity contribution in [1.82, 2.24) is 0 Å². The van der Waals surface area contributed by atoms with Gasteiger partial charge in [-0.15, -0.1) is 6.58 Å². The highest BCUT2D eigenvalue weighted by Crippen LogP contribution is 2.34. The van der Waals surface area contributed by atoms with E-state index >= 15 is 0 Å². The van der Waals surface area contributed by atoms with E-state index in [0.717, 1.165) is 54.7 Å². The van der Waals surface area contributed by atoms with Crippen molar-refractivity contribution in [3.05, 3.63) is 60.2 Å². The molecule has 0 aliphatic heterocycles. The summed E-state index contributed by atoms with van der Waals surface area (Å²) >= 11 is 0. The summed E-state index contributed by atoms with van der Waals surface area (Å²) in [4.78, 5) is 0. The maximum absolute atomic E-state index is 10.4. The lowest BCUT2D eigenvalue weighted by Crippen LogP contribution is -2.00. The van der Waals surface area contributed by atoms with Crippen LogP contribution in [0.1, 0.15) is 102 Å². The van der Waals surface area contributed by atoms with Crippen LogP contribution in [-0.2, 0) is 12.8 Å². The zero-order valence-corrected chi connectivity index (χ0v) is 21.2. The Kier molecular flexibility index (Phi) is 13.4. The minimum atomic E-state index is 0.328. The number of benzene rings is 2. The molecule has 2 rings (SSSR count). The third kappa shape index (κ3) is 10.1. The van der Waals surface area contributed by atoms with Gasteiger partial charge < -0.3 is 9.84 Å². The van der Waals surface area contributed by atoms with Gasteiger partial charge in [-0.2, -0.15) is 0 Å². The van der Waals surface area contributed by atoms with Crippen molar-refractivity contribution in [2.75, 3.05) is 6.61 Å². The molecule has 0 bridgehead atoms. The fourth-order valence-corrected chi connectivity index (χ4v) is 4.41. The summed E-state index contributed by atoms with van der Waals surface area (Å²) in [6.07, 6.45) is 19.5. The Morgan fingerprint density at radius 3 is 2.09 bits per heavy atom. The number of hydrogen-bond acceptors (Lipinski definition) is 2. The van der Waals surface area contributed by atoms with E-state index < -0.39 is 0 Å². The summed E-state index contributed by atoms with van der Waals surface area (Å²) in [6, 6.07) is 12.2. The summed E-state index contributed by atoms with van der Waals surface area (Å²) in [6.45, 7) is 9.13. The van der Waals surface area contributed by atoms with Gasteiger partial charge in [-0.25, -0.2) is 0 Å². The maximum atomic E-state index is 10.4. The van der Waals surface area contributed by atoms with E-state index in [-0.39, 0.29) is 0 Å². The Bertz CT molecular complexity index is 809. The minimum Gasteiger partial charge on any atom is -0.507 e. The Morgan fingerprint density at radius 1 is 0.788 bits per heavy atom. The molecule has 0 radical (unpaired) electrons. The average molecular weight is 451 g/mol. The van der Waals surface area contributed by atoms with Crippen molar-refractivity contribution >= 4 is 0 Å². The summed E-state index contributed by atoms with van der Waals surface area (Å²) in [5.41, 5.74) is 4.31. The zero-order chi connectivity index (χ0) is 23.7. The molecule has 0 atom stereocenters. The number of phenols is 1. The van der Waals surface area contributed by atoms with Crippen LogP contribution in [0.5, 0.6) is 11.5 Å². The van der Waals surface area contributed by atoms with Gasteiger partial charge in [0, 0.05) is 5.56 Å². The van der Waals surface area contributed by atoms with Crippen molar-refractivity contribution in [1.29, 1.82) is 0 Å². The Balaban J connectivity index is 1.79. The molecule has 2 aromatic carbocycles. The number of unbranched alkanes of at least 4 members (excludes halogenated alkanes) is 10. The third-order valence-corrected chi connectivity index (χ3v) is 6.34. The lowest BCUT2D eigenvalue weighted by Gasteiger charge is -2.14. The van der Waals surface area contributed by atoms with Crippen LogP contribution in [0.4, 0.5) is 0 Å². The second kappa shape index (κ2) is 16.4. The molecule has 1 N–H and O–H groups in total. The van der Waals surface area contributed by atoms with Gasteiger partial charge in [0.2, 0.25) is 0 Å². The van der Waals surface area contributed by atoms with Gasteiger partial charge in [0.25, 0.3) is 0 Å². The standard InChI is InChI=1S/C31H46O2/c1-4-7-8-9-10-11-12-13-14-15-16-23-33-31-22-20-27(25-28(31)18-6-3)29-24-26(17-5-2)19-21-30(29)32/h6,19-22,24-25,32H,3-5,7-18,23H2,1-2H3. The van der Waals surface area contributed by atoms with Crippen LogP contribution >= 0.6 is 0 Å². The van der Waals surface area contributed by atoms with Crippen molar-refractivity contribution in [2.45, 2.75) is 104 Å².